The zero-order valence-electron chi connectivity index (χ0n) is 10.6. The first-order valence-corrected chi connectivity index (χ1v) is 6.80. The van der Waals surface area contributed by atoms with Gasteiger partial charge < -0.3 is 5.11 Å². The zero-order valence-corrected chi connectivity index (χ0v) is 11.4. The molecule has 1 N–H and O–H groups in total. The minimum atomic E-state index is -0.922. The molecular formula is C13H10N2O5S. The molecule has 0 aliphatic heterocycles. The van der Waals surface area contributed by atoms with Gasteiger partial charge in [0.15, 0.2) is 0 Å². The maximum absolute atomic E-state index is 10.8. The fourth-order valence-corrected chi connectivity index (χ4v) is 2.60. The van der Waals surface area contributed by atoms with Gasteiger partial charge in [-0.15, -0.1) is 11.8 Å². The first-order valence-electron chi connectivity index (χ1n) is 5.81. The van der Waals surface area contributed by atoms with E-state index in [1.54, 1.807) is 0 Å². The maximum atomic E-state index is 10.8. The molecule has 0 atom stereocenters. The number of phenolic OH excluding ortho intramolecular Hbond substituents is 1. The Morgan fingerprint density at radius 2 is 1.52 bits per heavy atom. The number of benzene rings is 2. The normalized spacial score (nSPS) is 10.3. The van der Waals surface area contributed by atoms with Crippen molar-refractivity contribution in [2.45, 2.75) is 10.6 Å². The van der Waals surface area contributed by atoms with E-state index in [-0.39, 0.29) is 0 Å². The monoisotopic (exact) mass is 306 g/mol. The maximum Gasteiger partial charge on any atom is 0.319 e. The summed E-state index contributed by atoms with van der Waals surface area (Å²) in [4.78, 5) is 20.4. The standard InChI is InChI=1S/C13H10N2O5S/c16-13-11(14(17)18)6-10(7-12(13)15(19)20)21-8-9-4-2-1-3-5-9/h1-7,16H,8H2. The Morgan fingerprint density at radius 3 is 2.00 bits per heavy atom. The fraction of sp³-hybridized carbons (Fsp3) is 0.0769. The predicted molar refractivity (Wildman–Crippen MR) is 77.4 cm³/mol. The van der Waals surface area contributed by atoms with E-state index in [2.05, 4.69) is 0 Å². The Balaban J connectivity index is 2.31. The molecule has 7 nitrogen and oxygen atoms in total. The molecule has 0 amide bonds. The van der Waals surface area contributed by atoms with Crippen LogP contribution >= 0.6 is 11.8 Å². The molecule has 0 aliphatic rings. The third-order valence-corrected chi connectivity index (χ3v) is 3.73. The van der Waals surface area contributed by atoms with Gasteiger partial charge in [0.05, 0.1) is 9.85 Å². The molecule has 0 saturated carbocycles. The van der Waals surface area contributed by atoms with Crippen molar-refractivity contribution in [1.29, 1.82) is 0 Å². The number of hydrogen-bond acceptors (Lipinski definition) is 6. The van der Waals surface area contributed by atoms with E-state index in [1.165, 1.54) is 11.8 Å². The molecule has 0 radical (unpaired) electrons. The van der Waals surface area contributed by atoms with Crippen LogP contribution in [0.3, 0.4) is 0 Å². The Bertz CT molecular complexity index is 655. The first-order chi connectivity index (χ1) is 9.99. The molecule has 0 fully saturated rings. The van der Waals surface area contributed by atoms with E-state index in [1.807, 2.05) is 30.3 Å². The van der Waals surface area contributed by atoms with Gasteiger partial charge in [0.1, 0.15) is 0 Å². The Labute approximate surface area is 123 Å². The van der Waals surface area contributed by atoms with Gasteiger partial charge in [-0.2, -0.15) is 0 Å². The summed E-state index contributed by atoms with van der Waals surface area (Å²) in [6, 6.07) is 11.6. The summed E-state index contributed by atoms with van der Waals surface area (Å²) in [7, 11) is 0. The molecule has 0 bridgehead atoms. The first kappa shape index (κ1) is 14.8. The number of aromatic hydroxyl groups is 1. The molecule has 0 spiro atoms. The van der Waals surface area contributed by atoms with E-state index in [0.29, 0.717) is 10.6 Å². The second kappa shape index (κ2) is 6.23. The Kier molecular flexibility index (Phi) is 4.39. The number of thioether (sulfide) groups is 1. The lowest BCUT2D eigenvalue weighted by Crippen LogP contribution is -1.95. The third-order valence-electron chi connectivity index (χ3n) is 2.68. The average molecular weight is 306 g/mol. The number of nitro groups is 2. The molecule has 0 aromatic heterocycles. The van der Waals surface area contributed by atoms with Crippen LogP contribution in [0.1, 0.15) is 5.56 Å². The molecule has 21 heavy (non-hydrogen) atoms. The third kappa shape index (κ3) is 3.48. The van der Waals surface area contributed by atoms with Crippen molar-refractivity contribution in [3.05, 3.63) is 68.3 Å². The summed E-state index contributed by atoms with van der Waals surface area (Å²) in [5, 5.41) is 31.2. The second-order valence-electron chi connectivity index (χ2n) is 4.10. The van der Waals surface area contributed by atoms with E-state index < -0.39 is 27.0 Å². The molecule has 2 aromatic rings. The van der Waals surface area contributed by atoms with E-state index in [9.17, 15) is 25.3 Å². The highest BCUT2D eigenvalue weighted by Crippen LogP contribution is 2.40. The van der Waals surface area contributed by atoms with Gasteiger partial charge in [-0.3, -0.25) is 20.2 Å². The van der Waals surface area contributed by atoms with Crippen LogP contribution in [0.5, 0.6) is 5.75 Å². The summed E-state index contributed by atoms with van der Waals surface area (Å²) >= 11 is 1.23. The minimum Gasteiger partial charge on any atom is -0.497 e. The van der Waals surface area contributed by atoms with Gasteiger partial charge in [0, 0.05) is 22.8 Å². The zero-order chi connectivity index (χ0) is 15.4. The highest BCUT2D eigenvalue weighted by atomic mass is 32.2. The quantitative estimate of drug-likeness (QED) is 0.514. The summed E-state index contributed by atoms with van der Waals surface area (Å²) in [5.74, 6) is -0.408. The Hall–Kier alpha value is -2.61. The molecular weight excluding hydrogens is 296 g/mol. The van der Waals surface area contributed by atoms with Crippen molar-refractivity contribution >= 4 is 23.1 Å². The molecule has 2 aromatic carbocycles. The number of rotatable bonds is 5. The van der Waals surface area contributed by atoms with Crippen molar-refractivity contribution in [3.63, 3.8) is 0 Å². The predicted octanol–water partition coefficient (Wildman–Crippen LogP) is 3.50. The van der Waals surface area contributed by atoms with Gasteiger partial charge in [0.25, 0.3) is 5.75 Å². The lowest BCUT2D eigenvalue weighted by Gasteiger charge is -2.04. The van der Waals surface area contributed by atoms with Crippen LogP contribution in [0.2, 0.25) is 0 Å². The molecule has 0 saturated heterocycles. The van der Waals surface area contributed by atoms with Gasteiger partial charge in [-0.25, -0.2) is 0 Å². The molecule has 108 valence electrons. The van der Waals surface area contributed by atoms with Crippen LogP contribution in [-0.2, 0) is 5.75 Å². The van der Waals surface area contributed by atoms with Gasteiger partial charge in [-0.1, -0.05) is 30.3 Å². The summed E-state index contributed by atoms with van der Waals surface area (Å²) in [6.45, 7) is 0. The minimum absolute atomic E-state index is 0.357. The summed E-state index contributed by atoms with van der Waals surface area (Å²) in [6.07, 6.45) is 0. The van der Waals surface area contributed by atoms with Crippen LogP contribution in [0.4, 0.5) is 11.4 Å². The smallest absolute Gasteiger partial charge is 0.319 e. The van der Waals surface area contributed by atoms with Crippen molar-refractivity contribution in [1.82, 2.24) is 0 Å². The van der Waals surface area contributed by atoms with Crippen LogP contribution in [0, 0.1) is 20.2 Å². The van der Waals surface area contributed by atoms with Crippen molar-refractivity contribution in [2.75, 3.05) is 0 Å². The SMILES string of the molecule is O=[N+]([O-])c1cc(SCc2ccccc2)cc([N+](=O)[O-])c1O. The molecule has 0 heterocycles. The lowest BCUT2D eigenvalue weighted by atomic mass is 10.2. The summed E-state index contributed by atoms with van der Waals surface area (Å²) in [5.41, 5.74) is -0.347. The number of nitro benzene ring substituents is 2. The second-order valence-corrected chi connectivity index (χ2v) is 5.15. The molecule has 0 unspecified atom stereocenters. The fourth-order valence-electron chi connectivity index (χ4n) is 1.68. The van der Waals surface area contributed by atoms with Gasteiger partial charge >= 0.3 is 11.4 Å². The Morgan fingerprint density at radius 1 is 1.00 bits per heavy atom. The van der Waals surface area contributed by atoms with Crippen molar-refractivity contribution < 1.29 is 15.0 Å². The van der Waals surface area contributed by atoms with Crippen LogP contribution in [-0.4, -0.2) is 15.0 Å². The lowest BCUT2D eigenvalue weighted by molar-refractivity contribution is -0.396. The highest BCUT2D eigenvalue weighted by Gasteiger charge is 2.26. The van der Waals surface area contributed by atoms with Gasteiger partial charge in [-0.05, 0) is 5.56 Å². The van der Waals surface area contributed by atoms with Crippen molar-refractivity contribution in [2.24, 2.45) is 0 Å². The topological polar surface area (TPSA) is 107 Å². The number of phenols is 1. The number of nitrogens with zero attached hydrogens (tertiary/aromatic N) is 2. The van der Waals surface area contributed by atoms with E-state index in [4.69, 9.17) is 0 Å². The summed E-state index contributed by atoms with van der Waals surface area (Å²) < 4.78 is 0. The molecule has 8 heteroatoms. The largest absolute Gasteiger partial charge is 0.497 e. The van der Waals surface area contributed by atoms with Crippen molar-refractivity contribution in [3.8, 4) is 5.75 Å². The number of hydrogen-bond donors (Lipinski definition) is 1. The molecule has 0 aliphatic carbocycles. The van der Waals surface area contributed by atoms with Crippen LogP contribution in [0.25, 0.3) is 0 Å². The average Bonchev–Trinajstić information content (AvgIpc) is 2.46. The van der Waals surface area contributed by atoms with E-state index >= 15 is 0 Å². The highest BCUT2D eigenvalue weighted by molar-refractivity contribution is 7.98. The van der Waals surface area contributed by atoms with E-state index in [0.717, 1.165) is 17.7 Å². The van der Waals surface area contributed by atoms with Gasteiger partial charge in [0.2, 0.25) is 0 Å². The van der Waals surface area contributed by atoms with Crippen LogP contribution in [0.15, 0.2) is 47.4 Å². The van der Waals surface area contributed by atoms with Crippen LogP contribution < -0.4 is 0 Å². The molecule has 2 rings (SSSR count).